The van der Waals surface area contributed by atoms with Gasteiger partial charge in [0.1, 0.15) is 12.6 Å². The van der Waals surface area contributed by atoms with Crippen molar-refractivity contribution in [3.63, 3.8) is 0 Å². The van der Waals surface area contributed by atoms with Crippen LogP contribution in [0.25, 0.3) is 0 Å². The van der Waals surface area contributed by atoms with Crippen molar-refractivity contribution in [2.24, 2.45) is 0 Å². The fourth-order valence-electron chi connectivity index (χ4n) is 4.26. The number of anilines is 1. The second kappa shape index (κ2) is 14.0. The molecule has 0 aliphatic rings. The van der Waals surface area contributed by atoms with Crippen LogP contribution in [0, 0.1) is 0 Å². The van der Waals surface area contributed by atoms with Crippen molar-refractivity contribution in [3.8, 4) is 0 Å². The third kappa shape index (κ3) is 9.05. The van der Waals surface area contributed by atoms with Gasteiger partial charge in [-0.2, -0.15) is 0 Å². The molecular formula is C30H33Cl2N3O5S. The Morgan fingerprint density at radius 2 is 1.61 bits per heavy atom. The van der Waals surface area contributed by atoms with E-state index in [4.69, 9.17) is 23.2 Å². The highest BCUT2D eigenvalue weighted by Crippen LogP contribution is 2.25. The van der Waals surface area contributed by atoms with Crippen molar-refractivity contribution in [1.82, 2.24) is 10.2 Å². The number of sulfonamides is 1. The Bertz CT molecular complexity index is 1510. The van der Waals surface area contributed by atoms with Crippen molar-refractivity contribution in [1.29, 1.82) is 0 Å². The highest BCUT2D eigenvalue weighted by Gasteiger charge is 2.33. The summed E-state index contributed by atoms with van der Waals surface area (Å²) in [5.74, 6) is -1.28. The molecule has 11 heteroatoms. The second-order valence-corrected chi connectivity index (χ2v) is 12.8. The largest absolute Gasteiger partial charge is 0.352 e. The summed E-state index contributed by atoms with van der Waals surface area (Å²) in [5.41, 5.74) is 1.80. The van der Waals surface area contributed by atoms with Crippen molar-refractivity contribution < 1.29 is 22.8 Å². The Balaban J connectivity index is 2.10. The summed E-state index contributed by atoms with van der Waals surface area (Å²) < 4.78 is 26.8. The number of nitrogens with zero attached hydrogens (tertiary/aromatic N) is 2. The second-order valence-electron chi connectivity index (χ2n) is 10.0. The first-order valence-corrected chi connectivity index (χ1v) is 15.5. The minimum atomic E-state index is -3.97. The average Bonchev–Trinajstić information content (AvgIpc) is 2.89. The lowest BCUT2D eigenvalue weighted by Gasteiger charge is -2.34. The monoisotopic (exact) mass is 617 g/mol. The van der Waals surface area contributed by atoms with Gasteiger partial charge in [-0.15, -0.1) is 0 Å². The fraction of sp³-hybridized carbons (Fsp3) is 0.300. The van der Waals surface area contributed by atoms with Crippen LogP contribution in [-0.4, -0.2) is 55.8 Å². The van der Waals surface area contributed by atoms with Crippen molar-refractivity contribution in [3.05, 3.63) is 99.5 Å². The van der Waals surface area contributed by atoms with Crippen LogP contribution < -0.4 is 9.62 Å². The van der Waals surface area contributed by atoms with Gasteiger partial charge in [0, 0.05) is 34.6 Å². The molecule has 3 aromatic carbocycles. The van der Waals surface area contributed by atoms with Gasteiger partial charge in [-0.25, -0.2) is 8.42 Å². The molecule has 0 radical (unpaired) electrons. The van der Waals surface area contributed by atoms with E-state index in [-0.39, 0.29) is 30.5 Å². The predicted molar refractivity (Wildman–Crippen MR) is 163 cm³/mol. The lowest BCUT2D eigenvalue weighted by Crippen LogP contribution is -2.54. The fourth-order valence-corrected chi connectivity index (χ4v) is 5.57. The molecule has 3 aromatic rings. The number of nitrogens with one attached hydrogen (secondary N) is 1. The molecule has 0 bridgehead atoms. The van der Waals surface area contributed by atoms with Gasteiger partial charge in [0.2, 0.25) is 21.8 Å². The summed E-state index contributed by atoms with van der Waals surface area (Å²) in [4.78, 5) is 41.0. The summed E-state index contributed by atoms with van der Waals surface area (Å²) in [6, 6.07) is 18.9. The number of carbonyl (C=O) groups is 3. The Hall–Kier alpha value is -3.40. The molecule has 1 atom stereocenters. The van der Waals surface area contributed by atoms with E-state index in [0.29, 0.717) is 21.2 Å². The summed E-state index contributed by atoms with van der Waals surface area (Å²) in [5, 5.41) is 3.59. The number of ketones is 1. The molecule has 0 spiro atoms. The lowest BCUT2D eigenvalue weighted by atomic mass is 10.0. The number of benzene rings is 3. The molecule has 0 heterocycles. The Morgan fingerprint density at radius 3 is 2.20 bits per heavy atom. The molecule has 8 nitrogen and oxygen atoms in total. The van der Waals surface area contributed by atoms with E-state index < -0.39 is 34.4 Å². The highest BCUT2D eigenvalue weighted by molar-refractivity contribution is 7.92. The van der Waals surface area contributed by atoms with Crippen LogP contribution >= 0.6 is 23.2 Å². The van der Waals surface area contributed by atoms with Crippen LogP contribution in [0.1, 0.15) is 42.3 Å². The van der Waals surface area contributed by atoms with E-state index >= 15 is 0 Å². The highest BCUT2D eigenvalue weighted by atomic mass is 35.5. The minimum absolute atomic E-state index is 0.0804. The molecule has 0 saturated heterocycles. The first-order valence-electron chi connectivity index (χ1n) is 12.9. The van der Waals surface area contributed by atoms with Gasteiger partial charge in [0.05, 0.1) is 11.9 Å². The topological polar surface area (TPSA) is 104 Å². The Kier molecular flexibility index (Phi) is 11.0. The number of amides is 2. The molecule has 0 aliphatic heterocycles. The molecule has 0 aromatic heterocycles. The third-order valence-electron chi connectivity index (χ3n) is 6.28. The molecule has 218 valence electrons. The third-order valence-corrected chi connectivity index (χ3v) is 8.01. The summed E-state index contributed by atoms with van der Waals surface area (Å²) >= 11 is 12.6. The summed E-state index contributed by atoms with van der Waals surface area (Å²) in [6.45, 7) is 4.31. The lowest BCUT2D eigenvalue weighted by molar-refractivity contribution is -0.140. The maximum atomic E-state index is 14.1. The molecule has 0 saturated carbocycles. The number of carbonyl (C=O) groups excluding carboxylic acids is 3. The van der Waals surface area contributed by atoms with Crippen molar-refractivity contribution in [2.45, 2.75) is 45.8 Å². The van der Waals surface area contributed by atoms with E-state index in [1.165, 1.54) is 30.0 Å². The Morgan fingerprint density at radius 1 is 0.927 bits per heavy atom. The van der Waals surface area contributed by atoms with Gasteiger partial charge in [-0.3, -0.25) is 18.7 Å². The number of hydrogen-bond acceptors (Lipinski definition) is 5. The maximum absolute atomic E-state index is 14.1. The average molecular weight is 619 g/mol. The SMILES string of the molecule is CC(=O)c1cccc(N(CC(=O)N(Cc2ccc(Cl)cc2Cl)[C@@H](Cc2ccccc2)C(=O)NC(C)C)S(C)(=O)=O)c1. The molecule has 41 heavy (non-hydrogen) atoms. The van der Waals surface area contributed by atoms with Crippen LogP contribution in [0.2, 0.25) is 10.0 Å². The molecule has 2 amide bonds. The van der Waals surface area contributed by atoms with Gasteiger partial charge < -0.3 is 10.2 Å². The van der Waals surface area contributed by atoms with Crippen LogP contribution in [0.4, 0.5) is 5.69 Å². The summed E-state index contributed by atoms with van der Waals surface area (Å²) in [7, 11) is -3.97. The zero-order valence-corrected chi connectivity index (χ0v) is 25.6. The standard InChI is InChI=1S/C30H33Cl2N3O5S/c1-20(2)33-30(38)28(15-22-9-6-5-7-10-22)34(18-24-13-14-25(31)17-27(24)32)29(37)19-35(41(4,39)40)26-12-8-11-23(16-26)21(3)36/h5-14,16-17,20,28H,15,18-19H2,1-4H3,(H,33,38)/t28-/m0/s1. The van der Waals surface area contributed by atoms with Crippen LogP contribution in [0.3, 0.4) is 0 Å². The van der Waals surface area contributed by atoms with Gasteiger partial charge in [-0.1, -0.05) is 71.7 Å². The molecule has 0 fully saturated rings. The summed E-state index contributed by atoms with van der Waals surface area (Å²) in [6.07, 6.45) is 1.16. The normalized spacial score (nSPS) is 12.1. The van der Waals surface area contributed by atoms with E-state index in [1.54, 1.807) is 24.3 Å². The predicted octanol–water partition coefficient (Wildman–Crippen LogP) is 5.13. The molecular weight excluding hydrogens is 585 g/mol. The van der Waals surface area contributed by atoms with E-state index in [1.807, 2.05) is 44.2 Å². The minimum Gasteiger partial charge on any atom is -0.352 e. The van der Waals surface area contributed by atoms with Crippen LogP contribution in [-0.2, 0) is 32.6 Å². The zero-order valence-electron chi connectivity index (χ0n) is 23.3. The van der Waals surface area contributed by atoms with Crippen LogP contribution in [0.5, 0.6) is 0 Å². The van der Waals surface area contributed by atoms with Gasteiger partial charge >= 0.3 is 0 Å². The number of Topliss-reactive ketones (excluding diaryl/α,β-unsaturated/α-hetero) is 1. The molecule has 0 aliphatic carbocycles. The molecule has 3 rings (SSSR count). The van der Waals surface area contributed by atoms with E-state index in [9.17, 15) is 22.8 Å². The maximum Gasteiger partial charge on any atom is 0.244 e. The van der Waals surface area contributed by atoms with E-state index in [2.05, 4.69) is 5.32 Å². The Labute approximate surface area is 251 Å². The van der Waals surface area contributed by atoms with Gasteiger partial charge in [-0.05, 0) is 56.2 Å². The van der Waals surface area contributed by atoms with Crippen LogP contribution in [0.15, 0.2) is 72.8 Å². The molecule has 1 N–H and O–H groups in total. The van der Waals surface area contributed by atoms with Gasteiger partial charge in [0.25, 0.3) is 0 Å². The zero-order chi connectivity index (χ0) is 30.3. The first-order chi connectivity index (χ1) is 19.3. The first kappa shape index (κ1) is 32.1. The van der Waals surface area contributed by atoms with Crippen molar-refractivity contribution in [2.75, 3.05) is 17.1 Å². The number of hydrogen-bond donors (Lipinski definition) is 1. The molecule has 0 unspecified atom stereocenters. The number of rotatable bonds is 12. The smallest absolute Gasteiger partial charge is 0.244 e. The quantitative estimate of drug-likeness (QED) is 0.284. The van der Waals surface area contributed by atoms with E-state index in [0.717, 1.165) is 16.1 Å². The van der Waals surface area contributed by atoms with Crippen molar-refractivity contribution >= 4 is 56.5 Å². The van der Waals surface area contributed by atoms with Gasteiger partial charge in [0.15, 0.2) is 5.78 Å². The number of halogens is 2.